The summed E-state index contributed by atoms with van der Waals surface area (Å²) in [7, 11) is 0. The Kier molecular flexibility index (Phi) is 5.92. The van der Waals surface area contributed by atoms with Crippen LogP contribution in [0.2, 0.25) is 5.25 Å². The predicted octanol–water partition coefficient (Wildman–Crippen LogP) is 5.90. The van der Waals surface area contributed by atoms with Gasteiger partial charge in [-0.1, -0.05) is 0 Å². The van der Waals surface area contributed by atoms with Gasteiger partial charge < -0.3 is 0 Å². The van der Waals surface area contributed by atoms with Crippen LogP contribution in [0, 0.1) is 0 Å². The average molecular weight is 489 g/mol. The molecular weight excluding hydrogens is 461 g/mol. The number of hydrogen-bond donors (Lipinski definition) is 1. The summed E-state index contributed by atoms with van der Waals surface area (Å²) in [5, 5.41) is 16.6. The van der Waals surface area contributed by atoms with Crippen molar-refractivity contribution in [3.8, 4) is 0 Å². The van der Waals surface area contributed by atoms with E-state index in [1.165, 1.54) is 19.6 Å². The van der Waals surface area contributed by atoms with Gasteiger partial charge in [0.2, 0.25) is 0 Å². The fourth-order valence-electron chi connectivity index (χ4n) is 5.55. The third-order valence-electron chi connectivity index (χ3n) is 7.05. The summed E-state index contributed by atoms with van der Waals surface area (Å²) in [5.74, 6) is 0. The molecule has 162 valence electrons. The Hall–Kier alpha value is -3.14. The van der Waals surface area contributed by atoms with Crippen molar-refractivity contribution >= 4 is 32.8 Å². The summed E-state index contributed by atoms with van der Waals surface area (Å²) in [6, 6.07) is 46.6. The molecule has 0 fully saturated rings. The van der Waals surface area contributed by atoms with Crippen molar-refractivity contribution in [2.45, 2.75) is 16.6 Å². The van der Waals surface area contributed by atoms with Gasteiger partial charge in [0.15, 0.2) is 0 Å². The molecule has 0 bridgehead atoms. The molecule has 0 aliphatic rings. The van der Waals surface area contributed by atoms with Crippen LogP contribution in [-0.4, -0.2) is 18.4 Å². The van der Waals surface area contributed by atoms with E-state index in [9.17, 15) is 5.11 Å². The minimum absolute atomic E-state index is 0.901. The summed E-state index contributed by atoms with van der Waals surface area (Å²) in [6.07, 6.45) is 0. The minimum atomic E-state index is -3.62. The number of benzene rings is 5. The quantitative estimate of drug-likeness (QED) is 0.295. The van der Waals surface area contributed by atoms with Crippen LogP contribution >= 0.6 is 0 Å². The second-order valence-electron chi connectivity index (χ2n) is 8.59. The van der Waals surface area contributed by atoms with Gasteiger partial charge in [-0.05, 0) is 0 Å². The van der Waals surface area contributed by atoms with E-state index in [0.717, 1.165) is 16.4 Å². The van der Waals surface area contributed by atoms with E-state index in [0.29, 0.717) is 0 Å². The average Bonchev–Trinajstić information content (AvgIpc) is 2.91. The first-order valence-corrected chi connectivity index (χ1v) is 16.2. The van der Waals surface area contributed by atoms with Crippen LogP contribution in [0.25, 0.3) is 10.8 Å². The number of aliphatic hydroxyl groups is 1. The molecule has 0 saturated heterocycles. The number of rotatable bonds is 6. The van der Waals surface area contributed by atoms with E-state index in [-0.39, 0.29) is 0 Å². The number of hydrogen-bond acceptors (Lipinski definition) is 1. The van der Waals surface area contributed by atoms with E-state index < -0.39 is 17.7 Å². The molecule has 0 saturated carbocycles. The maximum absolute atomic E-state index is 13.2. The standard InChI is InChI=1S/C31H28GeO/c1-2-32(28-21-10-5-11-22-28,30-24-14-16-25-15-12-13-23-29(25)30)31(33,26-17-6-3-7-18-26)27-19-8-4-9-20-27/h3-24,33H,2H2,1H3. The Labute approximate surface area is 198 Å². The summed E-state index contributed by atoms with van der Waals surface area (Å²) < 4.78 is 1.49. The Morgan fingerprint density at radius 2 is 1.06 bits per heavy atom. The summed E-state index contributed by atoms with van der Waals surface area (Å²) in [4.78, 5) is 0. The van der Waals surface area contributed by atoms with Crippen molar-refractivity contribution in [1.82, 2.24) is 0 Å². The van der Waals surface area contributed by atoms with Gasteiger partial charge in [-0.3, -0.25) is 0 Å². The third kappa shape index (κ3) is 3.44. The van der Waals surface area contributed by atoms with Gasteiger partial charge in [-0.15, -0.1) is 0 Å². The molecule has 0 aromatic heterocycles. The second kappa shape index (κ2) is 9.01. The number of fused-ring (bicyclic) bond motifs is 1. The molecule has 0 heterocycles. The molecular formula is C31H28GeO. The first-order valence-electron chi connectivity index (χ1n) is 11.6. The molecule has 0 aliphatic heterocycles. The van der Waals surface area contributed by atoms with Crippen LogP contribution in [-0.2, 0) is 4.43 Å². The van der Waals surface area contributed by atoms with E-state index in [4.69, 9.17) is 0 Å². The Bertz CT molecular complexity index is 1300. The van der Waals surface area contributed by atoms with Crippen LogP contribution in [0.1, 0.15) is 18.1 Å². The Morgan fingerprint density at radius 1 is 0.576 bits per heavy atom. The zero-order chi connectivity index (χ0) is 22.7. The molecule has 1 unspecified atom stereocenters. The van der Waals surface area contributed by atoms with E-state index in [2.05, 4.69) is 104 Å². The van der Waals surface area contributed by atoms with Gasteiger partial charge in [0.25, 0.3) is 0 Å². The second-order valence-corrected chi connectivity index (χ2v) is 17.7. The molecule has 5 aromatic rings. The van der Waals surface area contributed by atoms with Gasteiger partial charge in [-0.25, -0.2) is 0 Å². The van der Waals surface area contributed by atoms with Gasteiger partial charge in [-0.2, -0.15) is 0 Å². The van der Waals surface area contributed by atoms with Crippen molar-refractivity contribution in [3.63, 3.8) is 0 Å². The van der Waals surface area contributed by atoms with E-state index in [1.54, 1.807) is 0 Å². The fourth-order valence-corrected chi connectivity index (χ4v) is 17.2. The van der Waals surface area contributed by atoms with Crippen LogP contribution in [0.15, 0.2) is 133 Å². The van der Waals surface area contributed by atoms with Crippen molar-refractivity contribution in [2.24, 2.45) is 0 Å². The molecule has 1 atom stereocenters. The Morgan fingerprint density at radius 3 is 1.64 bits per heavy atom. The first kappa shape index (κ1) is 21.7. The third-order valence-corrected chi connectivity index (χ3v) is 18.7. The predicted molar refractivity (Wildman–Crippen MR) is 142 cm³/mol. The molecule has 5 rings (SSSR count). The molecule has 0 aliphatic carbocycles. The van der Waals surface area contributed by atoms with Crippen LogP contribution in [0.3, 0.4) is 0 Å². The molecule has 0 amide bonds. The summed E-state index contributed by atoms with van der Waals surface area (Å²) >= 11 is -3.62. The molecule has 2 heteroatoms. The van der Waals surface area contributed by atoms with Crippen molar-refractivity contribution < 1.29 is 5.11 Å². The first-order chi connectivity index (χ1) is 16.2. The van der Waals surface area contributed by atoms with Crippen LogP contribution in [0.4, 0.5) is 0 Å². The van der Waals surface area contributed by atoms with Crippen LogP contribution < -0.4 is 8.79 Å². The zero-order valence-electron chi connectivity index (χ0n) is 18.9. The molecule has 0 radical (unpaired) electrons. The van der Waals surface area contributed by atoms with E-state index in [1.807, 2.05) is 36.4 Å². The van der Waals surface area contributed by atoms with Crippen molar-refractivity contribution in [1.29, 1.82) is 0 Å². The van der Waals surface area contributed by atoms with Gasteiger partial charge in [0, 0.05) is 0 Å². The molecule has 5 aromatic carbocycles. The van der Waals surface area contributed by atoms with E-state index >= 15 is 0 Å². The van der Waals surface area contributed by atoms with Crippen molar-refractivity contribution in [2.75, 3.05) is 0 Å². The maximum atomic E-state index is 13.2. The zero-order valence-corrected chi connectivity index (χ0v) is 21.0. The summed E-state index contributed by atoms with van der Waals surface area (Å²) in [5.41, 5.74) is 1.93. The van der Waals surface area contributed by atoms with Gasteiger partial charge in [0.05, 0.1) is 0 Å². The topological polar surface area (TPSA) is 20.2 Å². The SMILES string of the molecule is C[CH2][Ge]([c]1ccccc1)([c]1cccc2ccccc12)[C](O)(c1ccccc1)c1ccccc1. The fraction of sp³-hybridized carbons (Fsp3) is 0.0968. The molecule has 0 spiro atoms. The summed E-state index contributed by atoms with van der Waals surface area (Å²) in [6.45, 7) is 2.27. The van der Waals surface area contributed by atoms with Crippen LogP contribution in [0.5, 0.6) is 0 Å². The Balaban J connectivity index is 1.97. The van der Waals surface area contributed by atoms with Gasteiger partial charge in [0.1, 0.15) is 0 Å². The molecule has 1 N–H and O–H groups in total. The van der Waals surface area contributed by atoms with Gasteiger partial charge >= 0.3 is 199 Å². The molecule has 33 heavy (non-hydrogen) atoms. The normalized spacial score (nSPS) is 13.5. The molecule has 1 nitrogen and oxygen atoms in total. The van der Waals surface area contributed by atoms with Crippen molar-refractivity contribution in [3.05, 3.63) is 145 Å². The monoisotopic (exact) mass is 490 g/mol.